The third-order valence-corrected chi connectivity index (χ3v) is 4.39. The first-order chi connectivity index (χ1) is 10.9. The SMILES string of the molecule is CC(=O)NC1CCC(N[C@H](C)[C@H](O)c2ccc(F)c(F)c2)CC1. The normalized spacial score (nSPS) is 24.0. The molecule has 1 amide bonds. The van der Waals surface area contributed by atoms with Crippen LogP contribution in [0, 0.1) is 11.6 Å². The van der Waals surface area contributed by atoms with E-state index < -0.39 is 17.7 Å². The van der Waals surface area contributed by atoms with Crippen LogP contribution in [0.3, 0.4) is 0 Å². The van der Waals surface area contributed by atoms with E-state index in [4.69, 9.17) is 0 Å². The number of hydrogen-bond donors (Lipinski definition) is 3. The summed E-state index contributed by atoms with van der Waals surface area (Å²) in [6.45, 7) is 3.34. The van der Waals surface area contributed by atoms with Crippen molar-refractivity contribution in [3.8, 4) is 0 Å². The Kier molecular flexibility index (Phi) is 6.07. The number of benzene rings is 1. The van der Waals surface area contributed by atoms with Gasteiger partial charge in [-0.2, -0.15) is 0 Å². The number of amides is 1. The van der Waals surface area contributed by atoms with Gasteiger partial charge in [0.15, 0.2) is 11.6 Å². The molecular weight excluding hydrogens is 302 g/mol. The zero-order chi connectivity index (χ0) is 17.0. The Hall–Kier alpha value is -1.53. The first-order valence-corrected chi connectivity index (χ1v) is 8.03. The highest BCUT2D eigenvalue weighted by Crippen LogP contribution is 2.23. The summed E-state index contributed by atoms with van der Waals surface area (Å²) in [6, 6.07) is 3.65. The number of halogens is 2. The second-order valence-corrected chi connectivity index (χ2v) is 6.32. The molecule has 0 aromatic heterocycles. The number of aliphatic hydroxyl groups is 1. The van der Waals surface area contributed by atoms with Crippen LogP contribution in [0.5, 0.6) is 0 Å². The predicted octanol–water partition coefficient (Wildman–Crippen LogP) is 2.42. The van der Waals surface area contributed by atoms with Crippen molar-refractivity contribution in [1.82, 2.24) is 10.6 Å². The van der Waals surface area contributed by atoms with Gasteiger partial charge in [-0.05, 0) is 50.3 Å². The Morgan fingerprint density at radius 3 is 2.35 bits per heavy atom. The number of carbonyl (C=O) groups excluding carboxylic acids is 1. The molecule has 0 aliphatic heterocycles. The Balaban J connectivity index is 1.85. The summed E-state index contributed by atoms with van der Waals surface area (Å²) in [7, 11) is 0. The van der Waals surface area contributed by atoms with Crippen molar-refractivity contribution in [2.45, 2.75) is 63.8 Å². The van der Waals surface area contributed by atoms with Crippen molar-refractivity contribution in [3.05, 3.63) is 35.4 Å². The fourth-order valence-corrected chi connectivity index (χ4v) is 3.14. The van der Waals surface area contributed by atoms with Crippen LogP contribution in [-0.2, 0) is 4.79 Å². The Bertz CT molecular complexity index is 545. The molecule has 1 aromatic rings. The van der Waals surface area contributed by atoms with E-state index in [-0.39, 0.29) is 24.0 Å². The summed E-state index contributed by atoms with van der Waals surface area (Å²) < 4.78 is 26.2. The molecule has 2 rings (SSSR count). The first-order valence-electron chi connectivity index (χ1n) is 8.03. The summed E-state index contributed by atoms with van der Waals surface area (Å²) in [5.41, 5.74) is 0.357. The van der Waals surface area contributed by atoms with Crippen molar-refractivity contribution in [2.24, 2.45) is 0 Å². The van der Waals surface area contributed by atoms with Gasteiger partial charge >= 0.3 is 0 Å². The van der Waals surface area contributed by atoms with Gasteiger partial charge in [-0.1, -0.05) is 6.07 Å². The lowest BCUT2D eigenvalue weighted by Gasteiger charge is -2.33. The topological polar surface area (TPSA) is 61.4 Å². The Morgan fingerprint density at radius 2 is 1.78 bits per heavy atom. The summed E-state index contributed by atoms with van der Waals surface area (Å²) in [5, 5.41) is 16.6. The van der Waals surface area contributed by atoms with Gasteiger partial charge < -0.3 is 15.7 Å². The highest BCUT2D eigenvalue weighted by molar-refractivity contribution is 5.73. The molecule has 23 heavy (non-hydrogen) atoms. The van der Waals surface area contributed by atoms with Gasteiger partial charge in [-0.3, -0.25) is 4.79 Å². The van der Waals surface area contributed by atoms with Crippen LogP contribution in [-0.4, -0.2) is 29.1 Å². The van der Waals surface area contributed by atoms with E-state index in [0.717, 1.165) is 37.8 Å². The zero-order valence-electron chi connectivity index (χ0n) is 13.5. The third-order valence-electron chi connectivity index (χ3n) is 4.39. The van der Waals surface area contributed by atoms with E-state index >= 15 is 0 Å². The van der Waals surface area contributed by atoms with Gasteiger partial charge in [0.05, 0.1) is 6.10 Å². The van der Waals surface area contributed by atoms with E-state index in [2.05, 4.69) is 10.6 Å². The second kappa shape index (κ2) is 7.84. The molecular formula is C17H24F2N2O2. The van der Waals surface area contributed by atoms with Gasteiger partial charge in [-0.15, -0.1) is 0 Å². The van der Waals surface area contributed by atoms with Gasteiger partial charge in [0.1, 0.15) is 0 Å². The van der Waals surface area contributed by atoms with Crippen LogP contribution in [0.25, 0.3) is 0 Å². The summed E-state index contributed by atoms with van der Waals surface area (Å²) >= 11 is 0. The standard InChI is InChI=1S/C17H24F2N2O2/c1-10(17(23)12-3-8-15(18)16(19)9-12)20-13-4-6-14(7-5-13)21-11(2)22/h3,8-10,13-14,17,20,23H,4-7H2,1-2H3,(H,21,22)/t10-,13?,14?,17+/m1/s1. The Labute approximate surface area is 135 Å². The second-order valence-electron chi connectivity index (χ2n) is 6.32. The molecule has 128 valence electrons. The highest BCUT2D eigenvalue weighted by atomic mass is 19.2. The largest absolute Gasteiger partial charge is 0.387 e. The van der Waals surface area contributed by atoms with Crippen LogP contribution in [0.2, 0.25) is 0 Å². The maximum absolute atomic E-state index is 13.3. The van der Waals surface area contributed by atoms with Crippen molar-refractivity contribution >= 4 is 5.91 Å². The van der Waals surface area contributed by atoms with E-state index in [1.165, 1.54) is 13.0 Å². The van der Waals surface area contributed by atoms with Crippen molar-refractivity contribution in [3.63, 3.8) is 0 Å². The maximum Gasteiger partial charge on any atom is 0.217 e. The lowest BCUT2D eigenvalue weighted by Crippen LogP contribution is -2.45. The van der Waals surface area contributed by atoms with Crippen LogP contribution < -0.4 is 10.6 Å². The molecule has 2 atom stereocenters. The fraction of sp³-hybridized carbons (Fsp3) is 0.588. The maximum atomic E-state index is 13.3. The lowest BCUT2D eigenvalue weighted by molar-refractivity contribution is -0.119. The van der Waals surface area contributed by atoms with Gasteiger partial charge in [0, 0.05) is 25.0 Å². The van der Waals surface area contributed by atoms with Crippen molar-refractivity contribution < 1.29 is 18.7 Å². The highest BCUT2D eigenvalue weighted by Gasteiger charge is 2.25. The molecule has 0 radical (unpaired) electrons. The predicted molar refractivity (Wildman–Crippen MR) is 83.8 cm³/mol. The molecule has 1 fully saturated rings. The van der Waals surface area contributed by atoms with Crippen molar-refractivity contribution in [1.29, 1.82) is 0 Å². The van der Waals surface area contributed by atoms with Gasteiger partial charge in [-0.25, -0.2) is 8.78 Å². The van der Waals surface area contributed by atoms with Crippen LogP contribution in [0.4, 0.5) is 8.78 Å². The number of rotatable bonds is 5. The van der Waals surface area contributed by atoms with E-state index in [0.29, 0.717) is 5.56 Å². The van der Waals surface area contributed by atoms with E-state index in [9.17, 15) is 18.7 Å². The quantitative estimate of drug-likeness (QED) is 0.779. The van der Waals surface area contributed by atoms with Gasteiger partial charge in [0.2, 0.25) is 5.91 Å². The minimum Gasteiger partial charge on any atom is -0.387 e. The molecule has 0 heterocycles. The zero-order valence-corrected chi connectivity index (χ0v) is 13.5. The first kappa shape index (κ1) is 17.8. The summed E-state index contributed by atoms with van der Waals surface area (Å²) in [4.78, 5) is 11.1. The molecule has 1 aliphatic rings. The van der Waals surface area contributed by atoms with E-state index in [1.807, 2.05) is 6.92 Å². The Morgan fingerprint density at radius 1 is 1.17 bits per heavy atom. The number of hydrogen-bond acceptors (Lipinski definition) is 3. The molecule has 3 N–H and O–H groups in total. The average Bonchev–Trinajstić information content (AvgIpc) is 2.50. The molecule has 1 aliphatic carbocycles. The molecule has 6 heteroatoms. The fourth-order valence-electron chi connectivity index (χ4n) is 3.14. The van der Waals surface area contributed by atoms with E-state index in [1.54, 1.807) is 0 Å². The number of nitrogens with one attached hydrogen (secondary N) is 2. The molecule has 0 bridgehead atoms. The third kappa shape index (κ3) is 4.97. The summed E-state index contributed by atoms with van der Waals surface area (Å²) in [5.74, 6) is -1.88. The minimum absolute atomic E-state index is 0.0106. The molecule has 1 aromatic carbocycles. The molecule has 0 unspecified atom stereocenters. The smallest absolute Gasteiger partial charge is 0.217 e. The molecule has 4 nitrogen and oxygen atoms in total. The monoisotopic (exact) mass is 326 g/mol. The minimum atomic E-state index is -0.954. The van der Waals surface area contributed by atoms with Crippen LogP contribution in [0.1, 0.15) is 51.2 Å². The van der Waals surface area contributed by atoms with Gasteiger partial charge in [0.25, 0.3) is 0 Å². The molecule has 0 spiro atoms. The number of aliphatic hydroxyl groups excluding tert-OH is 1. The lowest BCUT2D eigenvalue weighted by atomic mass is 9.90. The molecule has 1 saturated carbocycles. The van der Waals surface area contributed by atoms with Crippen molar-refractivity contribution in [2.75, 3.05) is 0 Å². The van der Waals surface area contributed by atoms with Crippen LogP contribution >= 0.6 is 0 Å². The molecule has 0 saturated heterocycles. The van der Waals surface area contributed by atoms with Crippen LogP contribution in [0.15, 0.2) is 18.2 Å². The summed E-state index contributed by atoms with van der Waals surface area (Å²) in [6.07, 6.45) is 2.69. The number of carbonyl (C=O) groups is 1. The average molecular weight is 326 g/mol.